The van der Waals surface area contributed by atoms with Gasteiger partial charge in [-0.2, -0.15) is 8.78 Å². The van der Waals surface area contributed by atoms with Crippen LogP contribution in [0.3, 0.4) is 0 Å². The van der Waals surface area contributed by atoms with Gasteiger partial charge in [0.2, 0.25) is 0 Å². The average Bonchev–Trinajstić information content (AvgIpc) is 2.64. The summed E-state index contributed by atoms with van der Waals surface area (Å²) in [7, 11) is 0. The number of rotatable bonds is 10. The van der Waals surface area contributed by atoms with E-state index in [0.29, 0.717) is 12.1 Å². The number of benzene rings is 2. The van der Waals surface area contributed by atoms with Crippen molar-refractivity contribution in [1.29, 1.82) is 0 Å². The third kappa shape index (κ3) is 7.98. The monoisotopic (exact) mass is 380 g/mol. The second kappa shape index (κ2) is 11.1. The molecule has 2 aromatic carbocycles. The second-order valence-corrected chi connectivity index (χ2v) is 6.14. The summed E-state index contributed by atoms with van der Waals surface area (Å²) in [5, 5.41) is 6.40. The van der Waals surface area contributed by atoms with Gasteiger partial charge in [-0.15, -0.1) is 11.8 Å². The number of hydrogen-bond donors (Lipinski definition) is 1. The van der Waals surface area contributed by atoms with Crippen LogP contribution in [0, 0.1) is 0 Å². The van der Waals surface area contributed by atoms with Crippen molar-refractivity contribution in [3.63, 3.8) is 0 Å². The maximum Gasteiger partial charge on any atom is 0.387 e. The predicted octanol–water partition coefficient (Wildman–Crippen LogP) is 3.55. The molecule has 2 rings (SSSR count). The maximum atomic E-state index is 12.0. The Kier molecular flexibility index (Phi) is 8.41. The smallest absolute Gasteiger partial charge is 0.387 e. The van der Waals surface area contributed by atoms with Gasteiger partial charge in [-0.05, 0) is 42.0 Å². The second-order valence-electron chi connectivity index (χ2n) is 4.97. The average molecular weight is 380 g/mol. The highest BCUT2D eigenvalue weighted by Gasteiger charge is 2.03. The number of halogens is 2. The van der Waals surface area contributed by atoms with Crippen LogP contribution in [-0.4, -0.2) is 37.6 Å². The Bertz CT molecular complexity index is 697. The number of carbonyl (C=O) groups is 1. The van der Waals surface area contributed by atoms with Gasteiger partial charge in [-0.25, -0.2) is 0 Å². The number of oxime groups is 1. The Hall–Kier alpha value is -2.61. The molecule has 0 heterocycles. The van der Waals surface area contributed by atoms with Crippen molar-refractivity contribution in [2.24, 2.45) is 5.16 Å². The van der Waals surface area contributed by atoms with E-state index in [1.807, 2.05) is 30.3 Å². The van der Waals surface area contributed by atoms with Crippen LogP contribution in [0.25, 0.3) is 0 Å². The molecule has 0 radical (unpaired) electrons. The van der Waals surface area contributed by atoms with Crippen molar-refractivity contribution in [1.82, 2.24) is 5.32 Å². The van der Waals surface area contributed by atoms with Crippen LogP contribution in [0.15, 0.2) is 64.6 Å². The summed E-state index contributed by atoms with van der Waals surface area (Å²) < 4.78 is 28.3. The van der Waals surface area contributed by atoms with Crippen LogP contribution in [0.4, 0.5) is 8.78 Å². The van der Waals surface area contributed by atoms with E-state index in [0.717, 1.165) is 10.6 Å². The quantitative estimate of drug-likeness (QED) is 0.296. The maximum absolute atomic E-state index is 12.0. The van der Waals surface area contributed by atoms with E-state index in [1.54, 1.807) is 23.9 Å². The summed E-state index contributed by atoms with van der Waals surface area (Å²) in [6.45, 7) is -2.53. The fourth-order valence-corrected chi connectivity index (χ4v) is 2.65. The molecule has 0 aromatic heterocycles. The van der Waals surface area contributed by atoms with Gasteiger partial charge in [0.05, 0.1) is 6.21 Å². The largest absolute Gasteiger partial charge is 0.435 e. The lowest BCUT2D eigenvalue weighted by Crippen LogP contribution is -2.28. The van der Waals surface area contributed by atoms with Crippen molar-refractivity contribution in [2.75, 3.05) is 18.9 Å². The zero-order valence-corrected chi connectivity index (χ0v) is 14.6. The minimum absolute atomic E-state index is 0.0609. The van der Waals surface area contributed by atoms with Crippen LogP contribution in [0.2, 0.25) is 0 Å². The minimum atomic E-state index is -2.86. The Morgan fingerprint density at radius 2 is 1.88 bits per heavy atom. The van der Waals surface area contributed by atoms with E-state index in [1.165, 1.54) is 18.3 Å². The molecule has 1 amide bonds. The summed E-state index contributed by atoms with van der Waals surface area (Å²) in [6, 6.07) is 15.8. The van der Waals surface area contributed by atoms with E-state index in [9.17, 15) is 13.6 Å². The normalized spacial score (nSPS) is 10.9. The molecular weight excluding hydrogens is 362 g/mol. The number of thioether (sulfide) groups is 1. The molecule has 5 nitrogen and oxygen atoms in total. The Balaban J connectivity index is 1.59. The van der Waals surface area contributed by atoms with Crippen LogP contribution >= 0.6 is 11.8 Å². The molecule has 0 fully saturated rings. The lowest BCUT2D eigenvalue weighted by atomic mass is 10.2. The number of carbonyl (C=O) groups excluding carboxylic acids is 1. The first kappa shape index (κ1) is 19.7. The van der Waals surface area contributed by atoms with Gasteiger partial charge < -0.3 is 14.9 Å². The molecule has 2 aromatic rings. The minimum Gasteiger partial charge on any atom is -0.435 e. The molecule has 0 unspecified atom stereocenters. The summed E-state index contributed by atoms with van der Waals surface area (Å²) in [4.78, 5) is 17.7. The summed E-state index contributed by atoms with van der Waals surface area (Å²) >= 11 is 1.65. The predicted molar refractivity (Wildman–Crippen MR) is 96.8 cm³/mol. The number of alkyl halides is 2. The molecule has 0 spiro atoms. The highest BCUT2D eigenvalue weighted by Crippen LogP contribution is 2.15. The highest BCUT2D eigenvalue weighted by atomic mass is 32.2. The topological polar surface area (TPSA) is 59.9 Å². The molecule has 26 heavy (non-hydrogen) atoms. The summed E-state index contributed by atoms with van der Waals surface area (Å²) in [6.07, 6.45) is 1.38. The summed E-state index contributed by atoms with van der Waals surface area (Å²) in [5.74, 6) is 0.550. The van der Waals surface area contributed by atoms with Gasteiger partial charge in [-0.1, -0.05) is 23.4 Å². The molecule has 138 valence electrons. The van der Waals surface area contributed by atoms with Crippen molar-refractivity contribution in [2.45, 2.75) is 11.5 Å². The molecule has 0 atom stereocenters. The zero-order chi connectivity index (χ0) is 18.6. The highest BCUT2D eigenvalue weighted by molar-refractivity contribution is 7.99. The van der Waals surface area contributed by atoms with Crippen molar-refractivity contribution < 1.29 is 23.1 Å². The number of nitrogens with zero attached hydrogens (tertiary/aromatic N) is 1. The van der Waals surface area contributed by atoms with Gasteiger partial charge in [-0.3, -0.25) is 4.79 Å². The Morgan fingerprint density at radius 1 is 1.15 bits per heavy atom. The molecule has 0 aliphatic carbocycles. The molecular formula is C18H18F2N2O3S. The summed E-state index contributed by atoms with van der Waals surface area (Å²) in [5.41, 5.74) is 0.631. The van der Waals surface area contributed by atoms with Crippen LogP contribution < -0.4 is 10.1 Å². The number of nitrogens with one attached hydrogen (secondary N) is 1. The standard InChI is InChI=1S/C18H18F2N2O3S/c19-18(20)25-15-8-6-14(7-9-15)12-22-24-13-17(23)21-10-11-26-16-4-2-1-3-5-16/h1-9,12,18H,10-11,13H2,(H,21,23)/b22-12-. The molecule has 1 N–H and O–H groups in total. The van der Waals surface area contributed by atoms with Crippen molar-refractivity contribution in [3.05, 3.63) is 60.2 Å². The van der Waals surface area contributed by atoms with Crippen LogP contribution in [0.1, 0.15) is 5.56 Å². The van der Waals surface area contributed by atoms with E-state index in [-0.39, 0.29) is 18.3 Å². The van der Waals surface area contributed by atoms with E-state index in [2.05, 4.69) is 15.2 Å². The number of amides is 1. The van der Waals surface area contributed by atoms with Gasteiger partial charge in [0.1, 0.15) is 5.75 Å². The lowest BCUT2D eigenvalue weighted by Gasteiger charge is -2.05. The first-order valence-electron chi connectivity index (χ1n) is 7.78. The van der Waals surface area contributed by atoms with Crippen molar-refractivity contribution in [3.8, 4) is 5.75 Å². The molecule has 0 aliphatic heterocycles. The number of hydrogen-bond acceptors (Lipinski definition) is 5. The Labute approximate surface area is 154 Å². The molecule has 8 heteroatoms. The van der Waals surface area contributed by atoms with Crippen LogP contribution in [0.5, 0.6) is 5.75 Å². The molecule has 0 saturated carbocycles. The van der Waals surface area contributed by atoms with Gasteiger partial charge in [0.15, 0.2) is 6.61 Å². The number of ether oxygens (including phenoxy) is 1. The zero-order valence-electron chi connectivity index (χ0n) is 13.8. The lowest BCUT2D eigenvalue weighted by molar-refractivity contribution is -0.125. The first-order valence-corrected chi connectivity index (χ1v) is 8.77. The van der Waals surface area contributed by atoms with Crippen LogP contribution in [-0.2, 0) is 9.63 Å². The van der Waals surface area contributed by atoms with Gasteiger partial charge in [0, 0.05) is 17.2 Å². The fourth-order valence-electron chi connectivity index (χ4n) is 1.86. The van der Waals surface area contributed by atoms with Gasteiger partial charge >= 0.3 is 6.61 Å². The third-order valence-corrected chi connectivity index (χ3v) is 4.03. The van der Waals surface area contributed by atoms with E-state index >= 15 is 0 Å². The SMILES string of the molecule is O=C(CO/N=C\c1ccc(OC(F)F)cc1)NCCSc1ccccc1. The first-order chi connectivity index (χ1) is 12.6. The van der Waals surface area contributed by atoms with Crippen molar-refractivity contribution >= 4 is 23.9 Å². The Morgan fingerprint density at radius 3 is 2.58 bits per heavy atom. The molecule has 0 saturated heterocycles. The van der Waals surface area contributed by atoms with Gasteiger partial charge in [0.25, 0.3) is 5.91 Å². The molecule has 0 aliphatic rings. The van der Waals surface area contributed by atoms with E-state index < -0.39 is 6.61 Å². The van der Waals surface area contributed by atoms with E-state index in [4.69, 9.17) is 4.84 Å². The fraction of sp³-hybridized carbons (Fsp3) is 0.222. The molecule has 0 bridgehead atoms. The third-order valence-electron chi connectivity index (χ3n) is 3.01.